The lowest BCUT2D eigenvalue weighted by molar-refractivity contribution is 0.0912. The van der Waals surface area contributed by atoms with Crippen molar-refractivity contribution in [3.05, 3.63) is 24.3 Å². The predicted molar refractivity (Wildman–Crippen MR) is 84.9 cm³/mol. The van der Waals surface area contributed by atoms with Gasteiger partial charge in [-0.25, -0.2) is 9.78 Å². The highest BCUT2D eigenvalue weighted by Gasteiger charge is 2.26. The maximum Gasteiger partial charge on any atom is 0.317 e. The van der Waals surface area contributed by atoms with E-state index in [-0.39, 0.29) is 18.0 Å². The second-order valence-electron chi connectivity index (χ2n) is 6.26. The second kappa shape index (κ2) is 7.39. The highest BCUT2D eigenvalue weighted by atomic mass is 16.2. The van der Waals surface area contributed by atoms with Crippen LogP contribution in [-0.4, -0.2) is 52.0 Å². The molecule has 1 aliphatic heterocycles. The number of rotatable bonds is 3. The molecule has 2 N–H and O–H groups in total. The summed E-state index contributed by atoms with van der Waals surface area (Å²) in [5.41, 5.74) is 0.328. The summed E-state index contributed by atoms with van der Waals surface area (Å²) in [5.74, 6) is -0.202. The molecule has 3 rings (SSSR count). The van der Waals surface area contributed by atoms with Gasteiger partial charge in [-0.2, -0.15) is 0 Å². The second-order valence-corrected chi connectivity index (χ2v) is 6.26. The van der Waals surface area contributed by atoms with Crippen LogP contribution in [0.15, 0.2) is 18.6 Å². The molecule has 0 atom stereocenters. The van der Waals surface area contributed by atoms with Crippen LogP contribution in [0.1, 0.15) is 49.0 Å². The quantitative estimate of drug-likeness (QED) is 0.880. The Morgan fingerprint density at radius 3 is 2.35 bits per heavy atom. The van der Waals surface area contributed by atoms with Gasteiger partial charge in [0.15, 0.2) is 0 Å². The van der Waals surface area contributed by atoms with E-state index in [0.717, 1.165) is 25.7 Å². The fourth-order valence-electron chi connectivity index (χ4n) is 3.24. The van der Waals surface area contributed by atoms with Crippen molar-refractivity contribution in [1.82, 2.24) is 25.5 Å². The molecule has 1 aromatic heterocycles. The van der Waals surface area contributed by atoms with Gasteiger partial charge in [-0.3, -0.25) is 9.78 Å². The SMILES string of the molecule is O=C(NC1CCN(C(=O)NC2CCCC2)CC1)c1cnccn1. The third-order valence-corrected chi connectivity index (χ3v) is 4.60. The van der Waals surface area contributed by atoms with E-state index in [1.54, 1.807) is 0 Å². The Balaban J connectivity index is 1.43. The van der Waals surface area contributed by atoms with E-state index in [4.69, 9.17) is 0 Å². The van der Waals surface area contributed by atoms with Crippen molar-refractivity contribution >= 4 is 11.9 Å². The van der Waals surface area contributed by atoms with Crippen LogP contribution in [0, 0.1) is 0 Å². The predicted octanol–water partition coefficient (Wildman–Crippen LogP) is 1.32. The van der Waals surface area contributed by atoms with Gasteiger partial charge in [-0.05, 0) is 25.7 Å². The lowest BCUT2D eigenvalue weighted by atomic mass is 10.1. The van der Waals surface area contributed by atoms with Gasteiger partial charge in [0.25, 0.3) is 5.91 Å². The first-order valence-electron chi connectivity index (χ1n) is 8.34. The number of nitrogens with zero attached hydrogens (tertiary/aromatic N) is 3. The molecule has 0 aromatic carbocycles. The van der Waals surface area contributed by atoms with E-state index in [0.29, 0.717) is 24.8 Å². The minimum Gasteiger partial charge on any atom is -0.348 e. The largest absolute Gasteiger partial charge is 0.348 e. The smallest absolute Gasteiger partial charge is 0.317 e. The third-order valence-electron chi connectivity index (χ3n) is 4.60. The molecule has 23 heavy (non-hydrogen) atoms. The van der Waals surface area contributed by atoms with Gasteiger partial charge in [0.05, 0.1) is 6.20 Å². The number of aromatic nitrogens is 2. The average molecular weight is 317 g/mol. The van der Waals surface area contributed by atoms with Gasteiger partial charge in [0.1, 0.15) is 5.69 Å². The van der Waals surface area contributed by atoms with Crippen molar-refractivity contribution in [2.24, 2.45) is 0 Å². The first-order valence-corrected chi connectivity index (χ1v) is 8.34. The van der Waals surface area contributed by atoms with Crippen molar-refractivity contribution in [3.63, 3.8) is 0 Å². The first kappa shape index (κ1) is 15.7. The molecule has 124 valence electrons. The molecule has 7 nitrogen and oxygen atoms in total. The number of amides is 3. The van der Waals surface area contributed by atoms with Crippen LogP contribution in [0.4, 0.5) is 4.79 Å². The van der Waals surface area contributed by atoms with E-state index in [1.165, 1.54) is 31.4 Å². The zero-order valence-corrected chi connectivity index (χ0v) is 13.2. The van der Waals surface area contributed by atoms with Crippen LogP contribution in [0.5, 0.6) is 0 Å². The number of hydrogen-bond donors (Lipinski definition) is 2. The van der Waals surface area contributed by atoms with E-state index < -0.39 is 0 Å². The highest BCUT2D eigenvalue weighted by molar-refractivity contribution is 5.92. The first-order chi connectivity index (χ1) is 11.2. The number of nitrogens with one attached hydrogen (secondary N) is 2. The zero-order valence-electron chi connectivity index (χ0n) is 13.2. The minimum atomic E-state index is -0.202. The molecule has 1 aliphatic carbocycles. The summed E-state index contributed by atoms with van der Waals surface area (Å²) in [6.07, 6.45) is 10.6. The normalized spacial score (nSPS) is 19.6. The summed E-state index contributed by atoms with van der Waals surface area (Å²) in [5, 5.41) is 6.08. The van der Waals surface area contributed by atoms with Crippen LogP contribution in [-0.2, 0) is 0 Å². The fourth-order valence-corrected chi connectivity index (χ4v) is 3.24. The minimum absolute atomic E-state index is 0.0376. The summed E-state index contributed by atoms with van der Waals surface area (Å²) in [4.78, 5) is 34.0. The Labute approximate surface area is 135 Å². The standard InChI is InChI=1S/C16H23N5O2/c22-15(14-11-17-7-8-18-14)19-13-5-9-21(10-6-13)16(23)20-12-3-1-2-4-12/h7-8,11-13H,1-6,9-10H2,(H,19,22)(H,20,23). The molecule has 0 bridgehead atoms. The van der Waals surface area contributed by atoms with Crippen molar-refractivity contribution < 1.29 is 9.59 Å². The van der Waals surface area contributed by atoms with Gasteiger partial charge in [0.2, 0.25) is 0 Å². The molecule has 0 radical (unpaired) electrons. The summed E-state index contributed by atoms with van der Waals surface area (Å²) < 4.78 is 0. The van der Waals surface area contributed by atoms with Gasteiger partial charge >= 0.3 is 6.03 Å². The molecule has 2 aliphatic rings. The molecule has 0 unspecified atom stereocenters. The maximum atomic E-state index is 12.2. The molecule has 2 fully saturated rings. The van der Waals surface area contributed by atoms with E-state index in [2.05, 4.69) is 20.6 Å². The monoisotopic (exact) mass is 317 g/mol. The molecule has 7 heteroatoms. The molecule has 0 spiro atoms. The van der Waals surface area contributed by atoms with Gasteiger partial charge in [-0.1, -0.05) is 12.8 Å². The van der Waals surface area contributed by atoms with Gasteiger partial charge < -0.3 is 15.5 Å². The molecule has 2 heterocycles. The lowest BCUT2D eigenvalue weighted by Gasteiger charge is -2.33. The molecule has 1 saturated carbocycles. The summed E-state index contributed by atoms with van der Waals surface area (Å²) in [6.45, 7) is 1.34. The van der Waals surface area contributed by atoms with Crippen LogP contribution >= 0.6 is 0 Å². The topological polar surface area (TPSA) is 87.2 Å². The van der Waals surface area contributed by atoms with E-state index in [1.807, 2.05) is 4.90 Å². The number of hydrogen-bond acceptors (Lipinski definition) is 4. The molecule has 1 saturated heterocycles. The van der Waals surface area contributed by atoms with E-state index >= 15 is 0 Å². The number of piperidine rings is 1. The van der Waals surface area contributed by atoms with E-state index in [9.17, 15) is 9.59 Å². The third kappa shape index (κ3) is 4.18. The molecular formula is C16H23N5O2. The summed E-state index contributed by atoms with van der Waals surface area (Å²) in [6, 6.07) is 0.465. The van der Waals surface area contributed by atoms with Crippen LogP contribution in [0.2, 0.25) is 0 Å². The van der Waals surface area contributed by atoms with Crippen molar-refractivity contribution in [2.45, 2.75) is 50.6 Å². The van der Waals surface area contributed by atoms with Crippen LogP contribution in [0.25, 0.3) is 0 Å². The Kier molecular flexibility index (Phi) is 5.05. The van der Waals surface area contributed by atoms with Crippen molar-refractivity contribution in [3.8, 4) is 0 Å². The number of carbonyl (C=O) groups excluding carboxylic acids is 2. The van der Waals surface area contributed by atoms with Crippen LogP contribution < -0.4 is 10.6 Å². The van der Waals surface area contributed by atoms with Crippen molar-refractivity contribution in [2.75, 3.05) is 13.1 Å². The Morgan fingerprint density at radius 2 is 1.70 bits per heavy atom. The molecular weight excluding hydrogens is 294 g/mol. The van der Waals surface area contributed by atoms with Crippen LogP contribution in [0.3, 0.4) is 0 Å². The Morgan fingerprint density at radius 1 is 1.00 bits per heavy atom. The zero-order chi connectivity index (χ0) is 16.1. The Bertz CT molecular complexity index is 537. The Hall–Kier alpha value is -2.18. The molecule has 3 amide bonds. The number of carbonyl (C=O) groups is 2. The lowest BCUT2D eigenvalue weighted by Crippen LogP contribution is -2.51. The molecule has 1 aromatic rings. The number of urea groups is 1. The highest BCUT2D eigenvalue weighted by Crippen LogP contribution is 2.18. The van der Waals surface area contributed by atoms with Crippen molar-refractivity contribution in [1.29, 1.82) is 0 Å². The maximum absolute atomic E-state index is 12.2. The fraction of sp³-hybridized carbons (Fsp3) is 0.625. The van der Waals surface area contributed by atoms with Gasteiger partial charge in [0, 0.05) is 37.6 Å². The summed E-state index contributed by atoms with van der Waals surface area (Å²) in [7, 11) is 0. The average Bonchev–Trinajstić information content (AvgIpc) is 3.09. The number of likely N-dealkylation sites (tertiary alicyclic amines) is 1. The summed E-state index contributed by atoms with van der Waals surface area (Å²) >= 11 is 0. The van der Waals surface area contributed by atoms with Gasteiger partial charge in [-0.15, -0.1) is 0 Å².